The molecule has 0 saturated heterocycles. The third kappa shape index (κ3) is 3.05. The van der Waals surface area contributed by atoms with Crippen molar-refractivity contribution in [3.05, 3.63) is 40.2 Å². The van der Waals surface area contributed by atoms with Gasteiger partial charge in [0.2, 0.25) is 0 Å². The Labute approximate surface area is 134 Å². The summed E-state index contributed by atoms with van der Waals surface area (Å²) in [5.74, 6) is -0.0406. The van der Waals surface area contributed by atoms with Crippen LogP contribution in [0.2, 0.25) is 0 Å². The second-order valence-electron chi connectivity index (χ2n) is 5.98. The number of thiazole rings is 1. The number of hydrogen-bond acceptors (Lipinski definition) is 4. The van der Waals surface area contributed by atoms with Crippen LogP contribution in [0.1, 0.15) is 41.0 Å². The summed E-state index contributed by atoms with van der Waals surface area (Å²) in [6.45, 7) is 2.49. The molecule has 22 heavy (non-hydrogen) atoms. The van der Waals surface area contributed by atoms with Gasteiger partial charge in [0.25, 0.3) is 5.91 Å². The highest BCUT2D eigenvalue weighted by Crippen LogP contribution is 2.29. The zero-order chi connectivity index (χ0) is 15.6. The largest absolute Gasteiger partial charge is 0.345 e. The highest BCUT2D eigenvalue weighted by Gasteiger charge is 2.34. The fraction of sp³-hybridized carbons (Fsp3) is 0.412. The summed E-state index contributed by atoms with van der Waals surface area (Å²) in [4.78, 5) is 17.1. The lowest BCUT2D eigenvalue weighted by Gasteiger charge is -2.28. The van der Waals surface area contributed by atoms with Crippen LogP contribution in [0.4, 0.5) is 0 Å². The minimum Gasteiger partial charge on any atom is -0.345 e. The first-order valence-corrected chi connectivity index (χ1v) is 8.55. The molecule has 0 radical (unpaired) electrons. The van der Waals surface area contributed by atoms with Crippen LogP contribution in [0.5, 0.6) is 0 Å². The van der Waals surface area contributed by atoms with Crippen LogP contribution in [-0.4, -0.2) is 23.0 Å². The summed E-state index contributed by atoms with van der Waals surface area (Å²) in [5.41, 5.74) is 8.25. The van der Waals surface area contributed by atoms with Crippen LogP contribution in [-0.2, 0) is 0 Å². The number of carbonyl (C=O) groups excluding carboxylic acids is 1. The maximum atomic E-state index is 12.6. The monoisotopic (exact) mass is 315 g/mol. The molecule has 3 rings (SSSR count). The summed E-state index contributed by atoms with van der Waals surface area (Å²) in [5, 5.41) is 6.20. The fourth-order valence-electron chi connectivity index (χ4n) is 3.06. The summed E-state index contributed by atoms with van der Waals surface area (Å²) in [6.07, 6.45) is 4.21. The quantitative estimate of drug-likeness (QED) is 0.911. The van der Waals surface area contributed by atoms with E-state index >= 15 is 0 Å². The number of nitrogens with zero attached hydrogens (tertiary/aromatic N) is 1. The molecule has 5 heteroatoms. The minimum atomic E-state index is -0.218. The van der Waals surface area contributed by atoms with E-state index in [0.29, 0.717) is 12.1 Å². The zero-order valence-corrected chi connectivity index (χ0v) is 13.6. The molecule has 1 aliphatic carbocycles. The smallest absolute Gasteiger partial charge is 0.251 e. The Morgan fingerprint density at radius 3 is 2.82 bits per heavy atom. The van der Waals surface area contributed by atoms with Gasteiger partial charge in [-0.3, -0.25) is 4.79 Å². The van der Waals surface area contributed by atoms with E-state index in [1.807, 2.05) is 36.6 Å². The van der Waals surface area contributed by atoms with Gasteiger partial charge < -0.3 is 11.1 Å². The topological polar surface area (TPSA) is 68.0 Å². The van der Waals surface area contributed by atoms with Crippen molar-refractivity contribution >= 4 is 17.2 Å². The summed E-state index contributed by atoms with van der Waals surface area (Å²) in [7, 11) is 0. The Kier molecular flexibility index (Phi) is 4.27. The van der Waals surface area contributed by atoms with E-state index in [2.05, 4.69) is 10.3 Å². The van der Waals surface area contributed by atoms with Crippen molar-refractivity contribution in [2.24, 2.45) is 5.73 Å². The van der Waals surface area contributed by atoms with Crippen molar-refractivity contribution in [3.63, 3.8) is 0 Å². The van der Waals surface area contributed by atoms with Gasteiger partial charge in [0, 0.05) is 23.1 Å². The molecule has 0 unspecified atom stereocenters. The van der Waals surface area contributed by atoms with E-state index in [-0.39, 0.29) is 11.4 Å². The van der Waals surface area contributed by atoms with Gasteiger partial charge in [-0.15, -0.1) is 11.3 Å². The number of carbonyl (C=O) groups is 1. The fourth-order valence-corrected chi connectivity index (χ4v) is 3.68. The molecule has 1 saturated carbocycles. The normalized spacial score (nSPS) is 16.6. The van der Waals surface area contributed by atoms with Gasteiger partial charge in [0.15, 0.2) is 0 Å². The Morgan fingerprint density at radius 1 is 1.41 bits per heavy atom. The highest BCUT2D eigenvalue weighted by molar-refractivity contribution is 7.09. The lowest BCUT2D eigenvalue weighted by atomic mass is 9.97. The van der Waals surface area contributed by atoms with Crippen molar-refractivity contribution < 1.29 is 4.79 Å². The van der Waals surface area contributed by atoms with E-state index in [1.165, 1.54) is 0 Å². The number of benzene rings is 1. The van der Waals surface area contributed by atoms with Gasteiger partial charge >= 0.3 is 0 Å². The first-order valence-electron chi connectivity index (χ1n) is 7.67. The molecule has 1 fully saturated rings. The van der Waals surface area contributed by atoms with Gasteiger partial charge in [-0.25, -0.2) is 4.98 Å². The molecule has 0 atom stereocenters. The molecule has 1 aromatic heterocycles. The number of aromatic nitrogens is 1. The van der Waals surface area contributed by atoms with E-state index in [4.69, 9.17) is 5.73 Å². The number of aryl methyl sites for hydroxylation is 1. The van der Waals surface area contributed by atoms with Crippen LogP contribution in [0.15, 0.2) is 29.6 Å². The van der Waals surface area contributed by atoms with E-state index in [9.17, 15) is 4.79 Å². The molecule has 2 aromatic rings. The number of rotatable bonds is 4. The molecule has 0 bridgehead atoms. The van der Waals surface area contributed by atoms with Crippen molar-refractivity contribution in [3.8, 4) is 11.3 Å². The molecule has 1 aliphatic rings. The van der Waals surface area contributed by atoms with Gasteiger partial charge in [-0.05, 0) is 31.9 Å². The number of nitrogens with one attached hydrogen (secondary N) is 1. The number of amides is 1. The van der Waals surface area contributed by atoms with Crippen molar-refractivity contribution in [2.45, 2.75) is 38.1 Å². The van der Waals surface area contributed by atoms with E-state index < -0.39 is 0 Å². The third-order valence-electron chi connectivity index (χ3n) is 4.37. The molecule has 4 nitrogen and oxygen atoms in total. The molecule has 1 aromatic carbocycles. The summed E-state index contributed by atoms with van der Waals surface area (Å²) in [6, 6.07) is 7.64. The number of nitrogens with two attached hydrogens (primary N) is 1. The SMILES string of the molecule is Cc1nc(-c2cccc(C(=O)NC3(CN)CCCC3)c2)cs1. The molecule has 3 N–H and O–H groups in total. The molecule has 1 heterocycles. The van der Waals surface area contributed by atoms with Crippen molar-refractivity contribution in [1.82, 2.24) is 10.3 Å². The van der Waals surface area contributed by atoms with Crippen molar-refractivity contribution in [1.29, 1.82) is 0 Å². The Balaban J connectivity index is 1.81. The molecule has 0 spiro atoms. The molecular weight excluding hydrogens is 294 g/mol. The third-order valence-corrected chi connectivity index (χ3v) is 5.14. The minimum absolute atomic E-state index is 0.0406. The van der Waals surface area contributed by atoms with Crippen LogP contribution in [0, 0.1) is 6.92 Å². The average Bonchev–Trinajstić information content (AvgIpc) is 3.17. The highest BCUT2D eigenvalue weighted by atomic mass is 32.1. The Bertz CT molecular complexity index is 674. The number of hydrogen-bond donors (Lipinski definition) is 2. The second-order valence-corrected chi connectivity index (χ2v) is 7.04. The zero-order valence-electron chi connectivity index (χ0n) is 12.8. The average molecular weight is 315 g/mol. The second kappa shape index (κ2) is 6.18. The summed E-state index contributed by atoms with van der Waals surface area (Å²) >= 11 is 1.61. The predicted molar refractivity (Wildman–Crippen MR) is 90.0 cm³/mol. The summed E-state index contributed by atoms with van der Waals surface area (Å²) < 4.78 is 0. The van der Waals surface area contributed by atoms with Gasteiger partial charge in [-0.2, -0.15) is 0 Å². The van der Waals surface area contributed by atoms with Gasteiger partial charge in [0.1, 0.15) is 0 Å². The van der Waals surface area contributed by atoms with E-state index in [0.717, 1.165) is 41.9 Å². The van der Waals surface area contributed by atoms with Crippen LogP contribution < -0.4 is 11.1 Å². The predicted octanol–water partition coefficient (Wildman–Crippen LogP) is 3.12. The van der Waals surface area contributed by atoms with E-state index in [1.54, 1.807) is 11.3 Å². The Hall–Kier alpha value is -1.72. The van der Waals surface area contributed by atoms with Crippen LogP contribution in [0.3, 0.4) is 0 Å². The van der Waals surface area contributed by atoms with Crippen LogP contribution >= 0.6 is 11.3 Å². The van der Waals surface area contributed by atoms with Crippen LogP contribution in [0.25, 0.3) is 11.3 Å². The first kappa shape index (κ1) is 15.2. The molecular formula is C17H21N3OS. The lowest BCUT2D eigenvalue weighted by molar-refractivity contribution is 0.0903. The first-order chi connectivity index (χ1) is 10.6. The van der Waals surface area contributed by atoms with Crippen molar-refractivity contribution in [2.75, 3.05) is 6.54 Å². The molecule has 1 amide bonds. The molecule has 0 aliphatic heterocycles. The van der Waals surface area contributed by atoms with Gasteiger partial charge in [-0.1, -0.05) is 25.0 Å². The Morgan fingerprint density at radius 2 is 2.18 bits per heavy atom. The maximum absolute atomic E-state index is 12.6. The molecule has 116 valence electrons. The maximum Gasteiger partial charge on any atom is 0.251 e. The lowest BCUT2D eigenvalue weighted by Crippen LogP contribution is -2.51. The standard InChI is InChI=1S/C17H21N3OS/c1-12-19-15(10-22-12)13-5-4-6-14(9-13)16(21)20-17(11-18)7-2-3-8-17/h4-6,9-10H,2-3,7-8,11,18H2,1H3,(H,20,21). The van der Waals surface area contributed by atoms with Gasteiger partial charge in [0.05, 0.1) is 16.2 Å².